The molecule has 4 rings (SSSR count). The quantitative estimate of drug-likeness (QED) is 0.838. The fourth-order valence-corrected chi connectivity index (χ4v) is 4.87. The van der Waals surface area contributed by atoms with Crippen LogP contribution in [0.1, 0.15) is 37.1 Å². The summed E-state index contributed by atoms with van der Waals surface area (Å²) < 4.78 is 1.02. The van der Waals surface area contributed by atoms with E-state index >= 15 is 0 Å². The topological polar surface area (TPSA) is 79.4 Å². The zero-order chi connectivity index (χ0) is 18.3. The first-order chi connectivity index (χ1) is 12.5. The summed E-state index contributed by atoms with van der Waals surface area (Å²) in [5, 5.41) is 3.83. The maximum Gasteiger partial charge on any atom is 0.233 e. The molecule has 3 amide bonds. The van der Waals surface area contributed by atoms with Crippen LogP contribution in [-0.4, -0.2) is 34.2 Å². The molecular formula is C19H21N3O3S. The number of anilines is 1. The predicted octanol–water partition coefficient (Wildman–Crippen LogP) is 3.11. The molecule has 6 nitrogen and oxygen atoms in total. The molecule has 2 heterocycles. The number of rotatable bonds is 4. The minimum absolute atomic E-state index is 0.0888. The number of carbonyl (C=O) groups excluding carboxylic acids is 3. The van der Waals surface area contributed by atoms with E-state index in [4.69, 9.17) is 0 Å². The molecule has 1 N–H and O–H groups in total. The molecule has 1 aliphatic carbocycles. The highest BCUT2D eigenvalue weighted by Crippen LogP contribution is 2.38. The lowest BCUT2D eigenvalue weighted by atomic mass is 9.81. The van der Waals surface area contributed by atoms with Crippen molar-refractivity contribution in [3.8, 4) is 0 Å². The van der Waals surface area contributed by atoms with Crippen molar-refractivity contribution in [2.24, 2.45) is 11.8 Å². The van der Waals surface area contributed by atoms with Gasteiger partial charge in [-0.25, -0.2) is 4.98 Å². The molecule has 1 aromatic heterocycles. The molecule has 136 valence electrons. The van der Waals surface area contributed by atoms with Gasteiger partial charge in [-0.15, -0.1) is 11.3 Å². The highest BCUT2D eigenvalue weighted by atomic mass is 32.1. The standard InChI is InChI=1S/C19H21N3O3S/c1-11-20-15-7-6-12(10-16(15)26-11)21-17(23)8-9-22-18(24)13-4-2-3-5-14(13)19(22)25/h6-7,10,13-14H,2-5,8-9H2,1H3,(H,21,23)/t13-,14-/m1/s1. The molecular weight excluding hydrogens is 350 g/mol. The van der Waals surface area contributed by atoms with Gasteiger partial charge in [0.15, 0.2) is 0 Å². The van der Waals surface area contributed by atoms with Gasteiger partial charge in [0, 0.05) is 18.7 Å². The average molecular weight is 371 g/mol. The third kappa shape index (κ3) is 3.11. The van der Waals surface area contributed by atoms with Crippen molar-refractivity contribution in [1.29, 1.82) is 0 Å². The Morgan fingerprint density at radius 1 is 1.23 bits per heavy atom. The van der Waals surface area contributed by atoms with Crippen LogP contribution in [0.5, 0.6) is 0 Å². The molecule has 7 heteroatoms. The fourth-order valence-electron chi connectivity index (χ4n) is 4.01. The molecule has 1 aliphatic heterocycles. The predicted molar refractivity (Wildman–Crippen MR) is 99.8 cm³/mol. The number of nitrogens with one attached hydrogen (secondary N) is 1. The maximum atomic E-state index is 12.4. The molecule has 2 aromatic rings. The second-order valence-corrected chi connectivity index (χ2v) is 8.27. The lowest BCUT2D eigenvalue weighted by Gasteiger charge is -2.19. The van der Waals surface area contributed by atoms with Crippen molar-refractivity contribution in [3.63, 3.8) is 0 Å². The van der Waals surface area contributed by atoms with Gasteiger partial charge in [0.05, 0.1) is 27.1 Å². The smallest absolute Gasteiger partial charge is 0.233 e. The molecule has 2 atom stereocenters. The van der Waals surface area contributed by atoms with Gasteiger partial charge in [-0.3, -0.25) is 19.3 Å². The monoisotopic (exact) mass is 371 g/mol. The molecule has 0 radical (unpaired) electrons. The van der Waals surface area contributed by atoms with Crippen molar-refractivity contribution in [2.45, 2.75) is 39.0 Å². The van der Waals surface area contributed by atoms with Crippen molar-refractivity contribution in [1.82, 2.24) is 9.88 Å². The number of hydrogen-bond donors (Lipinski definition) is 1. The van der Waals surface area contributed by atoms with Crippen LogP contribution in [0.15, 0.2) is 18.2 Å². The number of hydrogen-bond acceptors (Lipinski definition) is 5. The van der Waals surface area contributed by atoms with Gasteiger partial charge in [-0.2, -0.15) is 0 Å². The molecule has 0 spiro atoms. The maximum absolute atomic E-state index is 12.4. The molecule has 1 saturated carbocycles. The summed E-state index contributed by atoms with van der Waals surface area (Å²) in [6.07, 6.45) is 3.73. The third-order valence-corrected chi connectivity index (χ3v) is 6.21. The number of aromatic nitrogens is 1. The van der Waals surface area contributed by atoms with Crippen molar-refractivity contribution < 1.29 is 14.4 Å². The molecule has 0 unspecified atom stereocenters. The van der Waals surface area contributed by atoms with Gasteiger partial charge in [-0.1, -0.05) is 12.8 Å². The first-order valence-electron chi connectivity index (χ1n) is 9.05. The third-order valence-electron chi connectivity index (χ3n) is 5.27. The first-order valence-corrected chi connectivity index (χ1v) is 9.87. The summed E-state index contributed by atoms with van der Waals surface area (Å²) in [4.78, 5) is 42.8. The highest BCUT2D eigenvalue weighted by molar-refractivity contribution is 7.18. The Bertz CT molecular complexity index is 867. The van der Waals surface area contributed by atoms with Crippen LogP contribution in [-0.2, 0) is 14.4 Å². The number of nitrogens with zero attached hydrogens (tertiary/aromatic N) is 2. The number of aryl methyl sites for hydroxylation is 1. The van der Waals surface area contributed by atoms with E-state index < -0.39 is 0 Å². The van der Waals surface area contributed by atoms with Crippen LogP contribution >= 0.6 is 11.3 Å². The number of amides is 3. The van der Waals surface area contributed by atoms with Crippen LogP contribution in [0.3, 0.4) is 0 Å². The summed E-state index contributed by atoms with van der Waals surface area (Å²) >= 11 is 1.58. The Labute approximate surface area is 155 Å². The fraction of sp³-hybridized carbons (Fsp3) is 0.474. The van der Waals surface area contributed by atoms with Crippen molar-refractivity contribution in [2.75, 3.05) is 11.9 Å². The second kappa shape index (κ2) is 6.79. The largest absolute Gasteiger partial charge is 0.326 e. The second-order valence-electron chi connectivity index (χ2n) is 7.04. The van der Waals surface area contributed by atoms with Gasteiger partial charge in [-0.05, 0) is 38.0 Å². The summed E-state index contributed by atoms with van der Waals surface area (Å²) in [6.45, 7) is 2.11. The molecule has 2 fully saturated rings. The SMILES string of the molecule is Cc1nc2ccc(NC(=O)CCN3C(=O)[C@@H]4CCCC[C@H]4C3=O)cc2s1. The lowest BCUT2D eigenvalue weighted by Crippen LogP contribution is -2.34. The minimum atomic E-state index is -0.193. The van der Waals surface area contributed by atoms with Crippen molar-refractivity contribution >= 4 is 45.0 Å². The van der Waals surface area contributed by atoms with Crippen LogP contribution < -0.4 is 5.32 Å². The van der Waals surface area contributed by atoms with Gasteiger partial charge in [0.25, 0.3) is 0 Å². The highest BCUT2D eigenvalue weighted by Gasteiger charge is 2.47. The Morgan fingerprint density at radius 3 is 2.62 bits per heavy atom. The van der Waals surface area contributed by atoms with Crippen LogP contribution in [0.4, 0.5) is 5.69 Å². The first kappa shape index (κ1) is 17.1. The number of fused-ring (bicyclic) bond motifs is 2. The van der Waals surface area contributed by atoms with Gasteiger partial charge in [0.1, 0.15) is 0 Å². The zero-order valence-electron chi connectivity index (χ0n) is 14.7. The number of benzene rings is 1. The molecule has 0 bridgehead atoms. The van der Waals surface area contributed by atoms with E-state index in [0.717, 1.165) is 40.9 Å². The van der Waals surface area contributed by atoms with E-state index in [0.29, 0.717) is 5.69 Å². The normalized spacial score (nSPS) is 22.7. The molecule has 2 aliphatic rings. The zero-order valence-corrected chi connectivity index (χ0v) is 15.5. The summed E-state index contributed by atoms with van der Waals surface area (Å²) in [7, 11) is 0. The van der Waals surface area contributed by atoms with Crippen LogP contribution in [0.2, 0.25) is 0 Å². The van der Waals surface area contributed by atoms with Crippen molar-refractivity contribution in [3.05, 3.63) is 23.2 Å². The Balaban J connectivity index is 1.37. The lowest BCUT2D eigenvalue weighted by molar-refractivity contribution is -0.140. The van der Waals surface area contributed by atoms with Crippen LogP contribution in [0, 0.1) is 18.8 Å². The number of imide groups is 1. The number of likely N-dealkylation sites (tertiary alicyclic amines) is 1. The van der Waals surface area contributed by atoms with E-state index in [1.165, 1.54) is 4.90 Å². The van der Waals surface area contributed by atoms with Gasteiger partial charge < -0.3 is 5.32 Å². The number of carbonyl (C=O) groups is 3. The van der Waals surface area contributed by atoms with E-state index in [2.05, 4.69) is 10.3 Å². The van der Waals surface area contributed by atoms with E-state index in [-0.39, 0.29) is 42.5 Å². The minimum Gasteiger partial charge on any atom is -0.326 e. The van der Waals surface area contributed by atoms with Crippen LogP contribution in [0.25, 0.3) is 10.2 Å². The molecule has 26 heavy (non-hydrogen) atoms. The van der Waals surface area contributed by atoms with Gasteiger partial charge >= 0.3 is 0 Å². The summed E-state index contributed by atoms with van der Waals surface area (Å²) in [5.41, 5.74) is 1.63. The Morgan fingerprint density at radius 2 is 1.92 bits per heavy atom. The Hall–Kier alpha value is -2.28. The Kier molecular flexibility index (Phi) is 4.48. The van der Waals surface area contributed by atoms with E-state index in [1.807, 2.05) is 25.1 Å². The average Bonchev–Trinajstić information content (AvgIpc) is 3.11. The van der Waals surface area contributed by atoms with Gasteiger partial charge in [0.2, 0.25) is 17.7 Å². The molecule has 1 saturated heterocycles. The number of thiazole rings is 1. The summed E-state index contributed by atoms with van der Waals surface area (Å²) in [5.74, 6) is -0.684. The van der Waals surface area contributed by atoms with E-state index in [1.54, 1.807) is 11.3 Å². The molecule has 1 aromatic carbocycles. The van der Waals surface area contributed by atoms with E-state index in [9.17, 15) is 14.4 Å². The summed E-state index contributed by atoms with van der Waals surface area (Å²) in [6, 6.07) is 5.60.